The number of hydrogen-bond donors (Lipinski definition) is 1. The molecule has 1 aromatic carbocycles. The third-order valence-corrected chi connectivity index (χ3v) is 7.55. The summed E-state index contributed by atoms with van der Waals surface area (Å²) in [5.74, 6) is 0.111. The molecule has 4 rings (SSSR count). The number of carbonyl (C=O) groups excluding carboxylic acids is 1. The van der Waals surface area contributed by atoms with Gasteiger partial charge in [0.15, 0.2) is 10.8 Å². The Labute approximate surface area is 219 Å². The van der Waals surface area contributed by atoms with Gasteiger partial charge in [-0.2, -0.15) is 0 Å². The van der Waals surface area contributed by atoms with E-state index in [-0.39, 0.29) is 12.0 Å². The molecule has 1 atom stereocenters. The van der Waals surface area contributed by atoms with Crippen molar-refractivity contribution in [3.8, 4) is 0 Å². The van der Waals surface area contributed by atoms with Gasteiger partial charge in [-0.05, 0) is 19.1 Å². The summed E-state index contributed by atoms with van der Waals surface area (Å²) in [5, 5.41) is 14.6. The van der Waals surface area contributed by atoms with Gasteiger partial charge in [-0.25, -0.2) is 4.79 Å². The molecular formula is C24H29Cl2N5O3S. The third kappa shape index (κ3) is 6.03. The first-order chi connectivity index (χ1) is 16.7. The van der Waals surface area contributed by atoms with Crippen LogP contribution in [-0.4, -0.2) is 66.4 Å². The summed E-state index contributed by atoms with van der Waals surface area (Å²) in [4.78, 5) is 20.4. The molecule has 1 N–H and O–H groups in total. The highest BCUT2D eigenvalue weighted by molar-refractivity contribution is 7.13. The zero-order chi connectivity index (χ0) is 25.2. The molecule has 1 unspecified atom stereocenters. The van der Waals surface area contributed by atoms with E-state index in [1.807, 2.05) is 0 Å². The molecule has 2 aliphatic rings. The molecule has 2 aromatic rings. The van der Waals surface area contributed by atoms with E-state index in [1.54, 1.807) is 25.1 Å². The molecule has 8 nitrogen and oxygen atoms in total. The van der Waals surface area contributed by atoms with Crippen LogP contribution in [0.15, 0.2) is 34.5 Å². The first-order valence-corrected chi connectivity index (χ1v) is 13.1. The molecular weight excluding hydrogens is 509 g/mol. The van der Waals surface area contributed by atoms with E-state index in [1.165, 1.54) is 11.3 Å². The maximum absolute atomic E-state index is 13.3. The molecule has 0 bridgehead atoms. The van der Waals surface area contributed by atoms with E-state index in [0.717, 1.165) is 18.1 Å². The van der Waals surface area contributed by atoms with Crippen LogP contribution in [0.25, 0.3) is 0 Å². The van der Waals surface area contributed by atoms with Gasteiger partial charge in [-0.3, -0.25) is 9.89 Å². The average Bonchev–Trinajstić information content (AvgIpc) is 3.31. The van der Waals surface area contributed by atoms with E-state index in [9.17, 15) is 4.79 Å². The molecule has 0 aliphatic carbocycles. The minimum atomic E-state index is -0.687. The molecule has 1 fully saturated rings. The van der Waals surface area contributed by atoms with Gasteiger partial charge in [0, 0.05) is 46.4 Å². The van der Waals surface area contributed by atoms with Crippen LogP contribution in [-0.2, 0) is 19.7 Å². The molecule has 0 radical (unpaired) electrons. The summed E-state index contributed by atoms with van der Waals surface area (Å²) in [6.07, 6.45) is 0. The number of hydrogen-bond acceptors (Lipinski definition) is 9. The number of ether oxygens (including phenoxy) is 2. The van der Waals surface area contributed by atoms with Crippen LogP contribution >= 0.6 is 34.5 Å². The van der Waals surface area contributed by atoms with Crippen molar-refractivity contribution in [3.05, 3.63) is 55.1 Å². The molecule has 2 aliphatic heterocycles. The van der Waals surface area contributed by atoms with Crippen molar-refractivity contribution in [2.24, 2.45) is 4.99 Å². The monoisotopic (exact) mass is 537 g/mol. The van der Waals surface area contributed by atoms with Crippen molar-refractivity contribution < 1.29 is 14.3 Å². The van der Waals surface area contributed by atoms with Gasteiger partial charge in [0.2, 0.25) is 0 Å². The van der Waals surface area contributed by atoms with Gasteiger partial charge >= 0.3 is 5.97 Å². The van der Waals surface area contributed by atoms with E-state index in [2.05, 4.69) is 41.2 Å². The Morgan fingerprint density at radius 2 is 2.00 bits per heavy atom. The Kier molecular flexibility index (Phi) is 8.12. The first kappa shape index (κ1) is 26.0. The third-order valence-electron chi connectivity index (χ3n) is 5.63. The van der Waals surface area contributed by atoms with Gasteiger partial charge < -0.3 is 14.8 Å². The van der Waals surface area contributed by atoms with E-state index in [4.69, 9.17) is 37.7 Å². The van der Waals surface area contributed by atoms with Crippen molar-refractivity contribution in [2.75, 3.05) is 39.5 Å². The number of aromatic nitrogens is 2. The van der Waals surface area contributed by atoms with Crippen LogP contribution in [0.5, 0.6) is 0 Å². The van der Waals surface area contributed by atoms with Crippen LogP contribution in [0.4, 0.5) is 0 Å². The molecule has 188 valence electrons. The number of aliphatic imine (C=N–C) groups is 1. The summed E-state index contributed by atoms with van der Waals surface area (Å²) >= 11 is 14.2. The standard InChI is InChI=1S/C24H29Cl2N5O3S/c1-5-34-22(32)18-17(13-31-8-10-33-11-9-31)27-20(21-29-30-23(35-21)24(2,3)4)28-19(18)15-7-6-14(25)12-16(15)26/h6-7,12,19H,5,8-11,13H2,1-4H3,(H,27,28). The zero-order valence-electron chi connectivity index (χ0n) is 20.2. The lowest BCUT2D eigenvalue weighted by molar-refractivity contribution is -0.139. The van der Waals surface area contributed by atoms with Gasteiger partial charge in [0.25, 0.3) is 0 Å². The highest BCUT2D eigenvalue weighted by Crippen LogP contribution is 2.38. The highest BCUT2D eigenvalue weighted by atomic mass is 35.5. The lowest BCUT2D eigenvalue weighted by Crippen LogP contribution is -2.43. The Bertz CT molecular complexity index is 1150. The predicted molar refractivity (Wildman–Crippen MR) is 138 cm³/mol. The van der Waals surface area contributed by atoms with Crippen molar-refractivity contribution in [3.63, 3.8) is 0 Å². The Hall–Kier alpha value is -2.04. The Morgan fingerprint density at radius 1 is 1.26 bits per heavy atom. The summed E-state index contributed by atoms with van der Waals surface area (Å²) < 4.78 is 11.0. The maximum atomic E-state index is 13.3. The fourth-order valence-electron chi connectivity index (χ4n) is 3.83. The van der Waals surface area contributed by atoms with Crippen molar-refractivity contribution >= 4 is 46.3 Å². The molecule has 1 aromatic heterocycles. The average molecular weight is 539 g/mol. The Morgan fingerprint density at radius 3 is 2.63 bits per heavy atom. The van der Waals surface area contributed by atoms with Crippen LogP contribution in [0.3, 0.4) is 0 Å². The smallest absolute Gasteiger partial charge is 0.338 e. The van der Waals surface area contributed by atoms with Crippen molar-refractivity contribution in [1.29, 1.82) is 0 Å². The lowest BCUT2D eigenvalue weighted by Gasteiger charge is -2.32. The normalized spacial score (nSPS) is 19.4. The fraction of sp³-hybridized carbons (Fsp3) is 0.500. The topological polar surface area (TPSA) is 88.9 Å². The highest BCUT2D eigenvalue weighted by Gasteiger charge is 2.35. The number of benzene rings is 1. The SMILES string of the molecule is CCOC(=O)C1=C(CN2CCOCC2)NC(c2nnc(C(C)(C)C)s2)=NC1c1ccc(Cl)cc1Cl. The van der Waals surface area contributed by atoms with Gasteiger partial charge in [-0.15, -0.1) is 10.2 Å². The number of esters is 1. The second-order valence-electron chi connectivity index (χ2n) is 9.33. The maximum Gasteiger partial charge on any atom is 0.338 e. The van der Waals surface area contributed by atoms with Gasteiger partial charge in [-0.1, -0.05) is 61.4 Å². The number of carbonyl (C=O) groups is 1. The summed E-state index contributed by atoms with van der Waals surface area (Å²) in [5.41, 5.74) is 1.65. The first-order valence-electron chi connectivity index (χ1n) is 11.5. The number of halogens is 2. The second kappa shape index (κ2) is 10.9. The van der Waals surface area contributed by atoms with Gasteiger partial charge in [0.1, 0.15) is 11.0 Å². The van der Waals surface area contributed by atoms with E-state index in [0.29, 0.717) is 57.5 Å². The Balaban J connectivity index is 1.82. The van der Waals surface area contributed by atoms with Crippen molar-refractivity contribution in [2.45, 2.75) is 39.2 Å². The molecule has 0 spiro atoms. The summed E-state index contributed by atoms with van der Waals surface area (Å²) in [6.45, 7) is 11.6. The van der Waals surface area contributed by atoms with Crippen LogP contribution < -0.4 is 5.32 Å². The minimum Gasteiger partial charge on any atom is -0.463 e. The van der Waals surface area contributed by atoms with E-state index >= 15 is 0 Å². The lowest BCUT2D eigenvalue weighted by atomic mass is 9.95. The van der Waals surface area contributed by atoms with E-state index < -0.39 is 12.0 Å². The largest absolute Gasteiger partial charge is 0.463 e. The zero-order valence-corrected chi connectivity index (χ0v) is 22.6. The minimum absolute atomic E-state index is 0.146. The number of morpholine rings is 1. The summed E-state index contributed by atoms with van der Waals surface area (Å²) in [6, 6.07) is 4.51. The molecule has 1 saturated heterocycles. The molecule has 3 heterocycles. The van der Waals surface area contributed by atoms with Crippen LogP contribution in [0.1, 0.15) is 49.3 Å². The second-order valence-corrected chi connectivity index (χ2v) is 11.2. The fourth-order valence-corrected chi connectivity index (χ4v) is 5.20. The van der Waals surface area contributed by atoms with Crippen LogP contribution in [0, 0.1) is 0 Å². The predicted octanol–water partition coefficient (Wildman–Crippen LogP) is 4.38. The van der Waals surface area contributed by atoms with Crippen LogP contribution in [0.2, 0.25) is 10.0 Å². The molecule has 0 saturated carbocycles. The quantitative estimate of drug-likeness (QED) is 0.546. The number of amidine groups is 1. The van der Waals surface area contributed by atoms with Gasteiger partial charge in [0.05, 0.1) is 25.4 Å². The number of rotatable bonds is 6. The number of nitrogens with one attached hydrogen (secondary N) is 1. The molecule has 0 amide bonds. The van der Waals surface area contributed by atoms with Crippen molar-refractivity contribution in [1.82, 2.24) is 20.4 Å². The molecule has 11 heteroatoms. The number of nitrogens with zero attached hydrogens (tertiary/aromatic N) is 4. The molecule has 35 heavy (non-hydrogen) atoms. The summed E-state index contributed by atoms with van der Waals surface area (Å²) in [7, 11) is 0.